The van der Waals surface area contributed by atoms with Crippen LogP contribution in [0.3, 0.4) is 0 Å². The van der Waals surface area contributed by atoms with Gasteiger partial charge in [0, 0.05) is 42.4 Å². The standard InChI is InChI=1S/C14H22N2O3S/c1-5-7-12-8-13(9-15-11(4)17)10(3)16(20(18)19)14(12)6-2/h5-7,10,13H,1,8-9H2,2-4H3,(H,15,17)(H,18,19)/p-1/b12-7-,14-6+/t10-,13?/m1/s1. The van der Waals surface area contributed by atoms with Crippen molar-refractivity contribution in [2.24, 2.45) is 5.92 Å². The number of piperidine rings is 1. The third kappa shape index (κ3) is 3.80. The summed E-state index contributed by atoms with van der Waals surface area (Å²) >= 11 is -2.34. The average molecular weight is 297 g/mol. The molecule has 0 bridgehead atoms. The van der Waals surface area contributed by atoms with Gasteiger partial charge in [0.1, 0.15) is 0 Å². The van der Waals surface area contributed by atoms with E-state index >= 15 is 0 Å². The van der Waals surface area contributed by atoms with Crippen molar-refractivity contribution >= 4 is 17.2 Å². The van der Waals surface area contributed by atoms with E-state index in [9.17, 15) is 13.6 Å². The molecule has 0 radical (unpaired) electrons. The van der Waals surface area contributed by atoms with Gasteiger partial charge in [0.15, 0.2) is 0 Å². The van der Waals surface area contributed by atoms with Crippen LogP contribution in [-0.4, -0.2) is 31.6 Å². The van der Waals surface area contributed by atoms with Crippen molar-refractivity contribution in [3.8, 4) is 0 Å². The van der Waals surface area contributed by atoms with Gasteiger partial charge in [0.05, 0.1) is 0 Å². The van der Waals surface area contributed by atoms with E-state index in [4.69, 9.17) is 0 Å². The normalized spacial score (nSPS) is 28.5. The molecule has 0 aliphatic carbocycles. The van der Waals surface area contributed by atoms with Gasteiger partial charge >= 0.3 is 0 Å². The second kappa shape index (κ2) is 7.40. The van der Waals surface area contributed by atoms with Crippen LogP contribution >= 0.6 is 0 Å². The Kier molecular flexibility index (Phi) is 6.16. The predicted molar refractivity (Wildman–Crippen MR) is 79.0 cm³/mol. The van der Waals surface area contributed by atoms with Crippen LogP contribution in [0, 0.1) is 5.92 Å². The van der Waals surface area contributed by atoms with E-state index in [0.29, 0.717) is 18.7 Å². The Morgan fingerprint density at radius 3 is 2.75 bits per heavy atom. The first kappa shape index (κ1) is 16.7. The van der Waals surface area contributed by atoms with Crippen LogP contribution in [0.25, 0.3) is 0 Å². The number of hydrogen-bond donors (Lipinski definition) is 1. The number of hydrogen-bond acceptors (Lipinski definition) is 3. The van der Waals surface area contributed by atoms with E-state index < -0.39 is 11.3 Å². The highest BCUT2D eigenvalue weighted by atomic mass is 32.2. The Bertz CT molecular complexity index is 471. The molecule has 1 aliphatic rings. The van der Waals surface area contributed by atoms with Gasteiger partial charge in [-0.1, -0.05) is 24.8 Å². The van der Waals surface area contributed by atoms with Gasteiger partial charge in [-0.05, 0) is 25.8 Å². The van der Waals surface area contributed by atoms with Crippen molar-refractivity contribution in [2.75, 3.05) is 6.54 Å². The maximum atomic E-state index is 11.5. The van der Waals surface area contributed by atoms with Crippen molar-refractivity contribution in [1.29, 1.82) is 0 Å². The first-order valence-corrected chi connectivity index (χ1v) is 7.56. The number of allylic oxidation sites excluding steroid dienone is 4. The van der Waals surface area contributed by atoms with Crippen LogP contribution in [0.1, 0.15) is 27.2 Å². The summed E-state index contributed by atoms with van der Waals surface area (Å²) in [6.07, 6.45) is 5.97. The van der Waals surface area contributed by atoms with Gasteiger partial charge < -0.3 is 9.87 Å². The lowest BCUT2D eigenvalue weighted by atomic mass is 9.86. The van der Waals surface area contributed by atoms with Gasteiger partial charge in [-0.15, -0.1) is 0 Å². The van der Waals surface area contributed by atoms with Crippen LogP contribution in [-0.2, 0) is 16.1 Å². The first-order chi connectivity index (χ1) is 9.42. The fourth-order valence-electron chi connectivity index (χ4n) is 2.45. The Balaban J connectivity index is 3.08. The summed E-state index contributed by atoms with van der Waals surface area (Å²) in [5.41, 5.74) is 1.60. The van der Waals surface area contributed by atoms with Crippen molar-refractivity contribution in [3.63, 3.8) is 0 Å². The Hall–Kier alpha value is -1.40. The average Bonchev–Trinajstić information content (AvgIpc) is 2.37. The van der Waals surface area contributed by atoms with E-state index in [-0.39, 0.29) is 17.9 Å². The maximum Gasteiger partial charge on any atom is 0.216 e. The second-order valence-electron chi connectivity index (χ2n) is 4.79. The minimum atomic E-state index is -2.34. The van der Waals surface area contributed by atoms with Crippen LogP contribution in [0.5, 0.6) is 0 Å². The summed E-state index contributed by atoms with van der Waals surface area (Å²) in [5.74, 6) is -0.0789. The predicted octanol–water partition coefficient (Wildman–Crippen LogP) is 1.64. The van der Waals surface area contributed by atoms with E-state index in [0.717, 1.165) is 5.57 Å². The number of carbonyl (C=O) groups is 1. The zero-order valence-corrected chi connectivity index (χ0v) is 12.9. The summed E-state index contributed by atoms with van der Waals surface area (Å²) < 4.78 is 24.4. The molecule has 1 saturated heterocycles. The van der Waals surface area contributed by atoms with E-state index in [1.54, 1.807) is 12.2 Å². The molecule has 1 aliphatic heterocycles. The number of carbonyl (C=O) groups excluding carboxylic acids is 1. The second-order valence-corrected chi connectivity index (χ2v) is 5.61. The van der Waals surface area contributed by atoms with E-state index in [1.165, 1.54) is 11.2 Å². The first-order valence-electron chi connectivity index (χ1n) is 6.53. The largest absolute Gasteiger partial charge is 0.755 e. The van der Waals surface area contributed by atoms with Gasteiger partial charge in [-0.3, -0.25) is 13.3 Å². The van der Waals surface area contributed by atoms with Crippen molar-refractivity contribution in [3.05, 3.63) is 36.1 Å². The summed E-state index contributed by atoms with van der Waals surface area (Å²) in [4.78, 5) is 11.0. The molecule has 3 atom stereocenters. The van der Waals surface area contributed by atoms with Crippen molar-refractivity contribution < 1.29 is 13.6 Å². The molecule has 0 aromatic rings. The highest BCUT2D eigenvalue weighted by molar-refractivity contribution is 7.76. The summed E-state index contributed by atoms with van der Waals surface area (Å²) in [6.45, 7) is 9.24. The van der Waals surface area contributed by atoms with Gasteiger partial charge in [0.2, 0.25) is 5.91 Å². The molecule has 6 heteroatoms. The third-order valence-corrected chi connectivity index (χ3v) is 4.32. The smallest absolute Gasteiger partial charge is 0.216 e. The van der Waals surface area contributed by atoms with Crippen LogP contribution < -0.4 is 5.32 Å². The Morgan fingerprint density at radius 2 is 2.30 bits per heavy atom. The van der Waals surface area contributed by atoms with Crippen LogP contribution in [0.15, 0.2) is 36.1 Å². The maximum absolute atomic E-state index is 11.5. The monoisotopic (exact) mass is 297 g/mol. The zero-order chi connectivity index (χ0) is 15.3. The fraction of sp³-hybridized carbons (Fsp3) is 0.500. The van der Waals surface area contributed by atoms with Gasteiger partial charge in [-0.2, -0.15) is 0 Å². The minimum absolute atomic E-state index is 0.0340. The molecule has 1 fully saturated rings. The molecule has 5 nitrogen and oxygen atoms in total. The molecule has 0 aromatic carbocycles. The molecule has 20 heavy (non-hydrogen) atoms. The van der Waals surface area contributed by atoms with Crippen LogP contribution in [0.4, 0.5) is 0 Å². The van der Waals surface area contributed by atoms with Gasteiger partial charge in [-0.25, -0.2) is 0 Å². The number of nitrogens with zero attached hydrogens (tertiary/aromatic N) is 1. The minimum Gasteiger partial charge on any atom is -0.755 e. The van der Waals surface area contributed by atoms with E-state index in [1.807, 2.05) is 19.9 Å². The van der Waals surface area contributed by atoms with Crippen molar-refractivity contribution in [1.82, 2.24) is 9.62 Å². The summed E-state index contributed by atoms with van der Waals surface area (Å²) in [7, 11) is 0. The molecular formula is C14H21N2O3S-. The van der Waals surface area contributed by atoms with Crippen molar-refractivity contribution in [2.45, 2.75) is 33.2 Å². The summed E-state index contributed by atoms with van der Waals surface area (Å²) in [6, 6.07) is -0.201. The molecule has 1 rings (SSSR count). The molecule has 1 heterocycles. The lowest BCUT2D eigenvalue weighted by Gasteiger charge is -2.44. The quantitative estimate of drug-likeness (QED) is 0.802. The third-order valence-electron chi connectivity index (χ3n) is 3.47. The molecule has 1 amide bonds. The molecule has 0 saturated carbocycles. The molecule has 112 valence electrons. The van der Waals surface area contributed by atoms with Gasteiger partial charge in [0.25, 0.3) is 0 Å². The SMILES string of the molecule is C=C/C=C1/CC(CNC(C)=O)[C@@H](C)N(S(=O)[O-])/C1=C/C. The zero-order valence-electron chi connectivity index (χ0n) is 12.1. The lowest BCUT2D eigenvalue weighted by molar-refractivity contribution is -0.119. The highest BCUT2D eigenvalue weighted by Gasteiger charge is 2.33. The molecular weight excluding hydrogens is 276 g/mol. The number of amides is 1. The Labute approximate surface area is 122 Å². The molecule has 1 N–H and O–H groups in total. The summed E-state index contributed by atoms with van der Waals surface area (Å²) in [5, 5.41) is 2.76. The number of nitrogens with one attached hydrogen (secondary N) is 1. The Morgan fingerprint density at radius 1 is 1.65 bits per heavy atom. The van der Waals surface area contributed by atoms with Crippen LogP contribution in [0.2, 0.25) is 0 Å². The highest BCUT2D eigenvalue weighted by Crippen LogP contribution is 2.35. The van der Waals surface area contributed by atoms with E-state index in [2.05, 4.69) is 11.9 Å². The molecule has 2 unspecified atom stereocenters. The topological polar surface area (TPSA) is 72.5 Å². The lowest BCUT2D eigenvalue weighted by Crippen LogP contribution is -2.47. The number of rotatable bonds is 4. The fourth-order valence-corrected chi connectivity index (χ4v) is 3.28. The molecule has 0 aromatic heterocycles. The molecule has 0 spiro atoms.